The molecule has 0 aromatic rings. The van der Waals surface area contributed by atoms with Crippen LogP contribution in [-0.2, 0) is 4.79 Å². The van der Waals surface area contributed by atoms with Gasteiger partial charge >= 0.3 is 0 Å². The number of thioether (sulfide) groups is 1. The van der Waals surface area contributed by atoms with Gasteiger partial charge in [-0.05, 0) is 19.1 Å². The van der Waals surface area contributed by atoms with Crippen LogP contribution in [0.4, 0.5) is 0 Å². The third-order valence-electron chi connectivity index (χ3n) is 1.28. The molecule has 0 bridgehead atoms. The summed E-state index contributed by atoms with van der Waals surface area (Å²) < 4.78 is 0. The smallest absolute Gasteiger partial charge is 0.130 e. The van der Waals surface area contributed by atoms with Crippen LogP contribution < -0.4 is 0 Å². The monoisotopic (exact) mass is 176 g/mol. The number of Topliss-reactive ketones (excluding diaryl/α,β-unsaturated/α-hetero) is 1. The van der Waals surface area contributed by atoms with Crippen molar-refractivity contribution in [1.82, 2.24) is 0 Å². The standard InChI is InChI=1S/C8H16O2S/c1-7(10)6-8(2)11-5-3-4-9/h8-9H,3-6H2,1-2H3. The third kappa shape index (κ3) is 7.88. The van der Waals surface area contributed by atoms with E-state index >= 15 is 0 Å². The Bertz CT molecular complexity index is 115. The first kappa shape index (κ1) is 11.0. The minimum Gasteiger partial charge on any atom is -0.396 e. The van der Waals surface area contributed by atoms with Crippen LogP contribution in [0, 0.1) is 0 Å². The highest BCUT2D eigenvalue weighted by atomic mass is 32.2. The maximum atomic E-state index is 10.6. The quantitative estimate of drug-likeness (QED) is 0.623. The summed E-state index contributed by atoms with van der Waals surface area (Å²) in [6, 6.07) is 0. The molecule has 0 spiro atoms. The molecule has 2 nitrogen and oxygen atoms in total. The maximum absolute atomic E-state index is 10.6. The zero-order chi connectivity index (χ0) is 8.69. The van der Waals surface area contributed by atoms with E-state index in [0.29, 0.717) is 11.7 Å². The van der Waals surface area contributed by atoms with E-state index in [9.17, 15) is 4.79 Å². The maximum Gasteiger partial charge on any atom is 0.130 e. The first-order valence-electron chi connectivity index (χ1n) is 3.88. The number of hydrogen-bond donors (Lipinski definition) is 1. The summed E-state index contributed by atoms with van der Waals surface area (Å²) in [5, 5.41) is 8.88. The molecule has 0 aliphatic heterocycles. The molecule has 0 saturated carbocycles. The zero-order valence-corrected chi connectivity index (χ0v) is 7.99. The van der Waals surface area contributed by atoms with Gasteiger partial charge in [-0.25, -0.2) is 0 Å². The van der Waals surface area contributed by atoms with E-state index < -0.39 is 0 Å². The number of ketones is 1. The van der Waals surface area contributed by atoms with Crippen molar-refractivity contribution in [2.45, 2.75) is 31.9 Å². The van der Waals surface area contributed by atoms with Crippen molar-refractivity contribution in [3.8, 4) is 0 Å². The molecule has 1 atom stereocenters. The Morgan fingerprint density at radius 1 is 1.64 bits per heavy atom. The Morgan fingerprint density at radius 3 is 2.73 bits per heavy atom. The Morgan fingerprint density at radius 2 is 2.27 bits per heavy atom. The molecule has 0 amide bonds. The van der Waals surface area contributed by atoms with Gasteiger partial charge in [0.05, 0.1) is 0 Å². The molecule has 0 aliphatic carbocycles. The van der Waals surface area contributed by atoms with E-state index in [1.54, 1.807) is 18.7 Å². The molecule has 0 aromatic heterocycles. The molecule has 0 aromatic carbocycles. The molecule has 0 rings (SSSR count). The van der Waals surface area contributed by atoms with E-state index in [-0.39, 0.29) is 12.4 Å². The summed E-state index contributed by atoms with van der Waals surface area (Å²) in [5.41, 5.74) is 0. The van der Waals surface area contributed by atoms with Crippen molar-refractivity contribution in [3.63, 3.8) is 0 Å². The SMILES string of the molecule is CC(=O)CC(C)SCCCO. The first-order chi connectivity index (χ1) is 5.16. The minimum atomic E-state index is 0.244. The summed E-state index contributed by atoms with van der Waals surface area (Å²) in [6.07, 6.45) is 1.48. The van der Waals surface area contributed by atoms with E-state index in [1.165, 1.54) is 0 Å². The van der Waals surface area contributed by atoms with Crippen LogP contribution in [0.15, 0.2) is 0 Å². The predicted molar refractivity (Wildman–Crippen MR) is 48.9 cm³/mol. The van der Waals surface area contributed by atoms with Crippen molar-refractivity contribution in [2.75, 3.05) is 12.4 Å². The van der Waals surface area contributed by atoms with Gasteiger partial charge < -0.3 is 5.11 Å². The molecule has 0 saturated heterocycles. The fourth-order valence-electron chi connectivity index (χ4n) is 0.813. The van der Waals surface area contributed by atoms with Gasteiger partial charge in [0, 0.05) is 18.3 Å². The third-order valence-corrected chi connectivity index (χ3v) is 2.54. The predicted octanol–water partition coefficient (Wildman–Crippen LogP) is 1.47. The van der Waals surface area contributed by atoms with Crippen LogP contribution in [-0.4, -0.2) is 28.5 Å². The van der Waals surface area contributed by atoms with Gasteiger partial charge in [0.2, 0.25) is 0 Å². The summed E-state index contributed by atoms with van der Waals surface area (Å²) >= 11 is 1.75. The van der Waals surface area contributed by atoms with Gasteiger partial charge in [0.15, 0.2) is 0 Å². The zero-order valence-electron chi connectivity index (χ0n) is 7.17. The molecule has 66 valence electrons. The molecule has 0 aliphatic rings. The first-order valence-corrected chi connectivity index (χ1v) is 4.93. The van der Waals surface area contributed by atoms with Gasteiger partial charge in [0.25, 0.3) is 0 Å². The van der Waals surface area contributed by atoms with Crippen molar-refractivity contribution in [1.29, 1.82) is 0 Å². The van der Waals surface area contributed by atoms with Crippen LogP contribution in [0.25, 0.3) is 0 Å². The lowest BCUT2D eigenvalue weighted by molar-refractivity contribution is -0.116. The number of carbonyl (C=O) groups is 1. The summed E-state index contributed by atoms with van der Waals surface area (Å²) in [7, 11) is 0. The van der Waals surface area contributed by atoms with E-state index in [1.807, 2.05) is 6.92 Å². The lowest BCUT2D eigenvalue weighted by atomic mass is 10.2. The highest BCUT2D eigenvalue weighted by molar-refractivity contribution is 7.99. The second-order valence-corrected chi connectivity index (χ2v) is 4.21. The number of carbonyl (C=O) groups excluding carboxylic acids is 1. The lowest BCUT2D eigenvalue weighted by Gasteiger charge is -2.07. The Labute approximate surface area is 72.4 Å². The van der Waals surface area contributed by atoms with E-state index in [2.05, 4.69) is 0 Å². The van der Waals surface area contributed by atoms with E-state index in [0.717, 1.165) is 12.2 Å². The molecule has 1 unspecified atom stereocenters. The molecule has 1 N–H and O–H groups in total. The van der Waals surface area contributed by atoms with Crippen LogP contribution in [0.2, 0.25) is 0 Å². The van der Waals surface area contributed by atoms with Crippen LogP contribution in [0.5, 0.6) is 0 Å². The lowest BCUT2D eigenvalue weighted by Crippen LogP contribution is -2.04. The van der Waals surface area contributed by atoms with Gasteiger partial charge in [-0.2, -0.15) is 11.8 Å². The number of rotatable bonds is 6. The Kier molecular flexibility index (Phi) is 6.66. The Balaban J connectivity index is 3.22. The number of aliphatic hydroxyl groups is 1. The average Bonchev–Trinajstić information content (AvgIpc) is 1.86. The molecular formula is C8H16O2S. The van der Waals surface area contributed by atoms with Gasteiger partial charge in [0.1, 0.15) is 5.78 Å². The molecule has 0 radical (unpaired) electrons. The van der Waals surface area contributed by atoms with E-state index in [4.69, 9.17) is 5.11 Å². The van der Waals surface area contributed by atoms with Crippen molar-refractivity contribution in [2.24, 2.45) is 0 Å². The molecule has 0 heterocycles. The van der Waals surface area contributed by atoms with Crippen LogP contribution in [0.3, 0.4) is 0 Å². The average molecular weight is 176 g/mol. The summed E-state index contributed by atoms with van der Waals surface area (Å²) in [6.45, 7) is 3.91. The normalized spacial score (nSPS) is 13.0. The van der Waals surface area contributed by atoms with Crippen LogP contribution >= 0.6 is 11.8 Å². The van der Waals surface area contributed by atoms with Crippen molar-refractivity contribution in [3.05, 3.63) is 0 Å². The molecular weight excluding hydrogens is 160 g/mol. The fraction of sp³-hybridized carbons (Fsp3) is 0.875. The van der Waals surface area contributed by atoms with Gasteiger partial charge in [-0.15, -0.1) is 0 Å². The number of hydrogen-bond acceptors (Lipinski definition) is 3. The second kappa shape index (κ2) is 6.68. The minimum absolute atomic E-state index is 0.244. The van der Waals surface area contributed by atoms with Crippen LogP contribution in [0.1, 0.15) is 26.7 Å². The summed E-state index contributed by atoms with van der Waals surface area (Å²) in [4.78, 5) is 10.6. The number of aliphatic hydroxyl groups excluding tert-OH is 1. The van der Waals surface area contributed by atoms with Gasteiger partial charge in [-0.1, -0.05) is 6.92 Å². The van der Waals surface area contributed by atoms with Gasteiger partial charge in [-0.3, -0.25) is 4.79 Å². The largest absolute Gasteiger partial charge is 0.396 e. The highest BCUT2D eigenvalue weighted by Crippen LogP contribution is 2.14. The highest BCUT2D eigenvalue weighted by Gasteiger charge is 2.04. The molecule has 0 fully saturated rings. The Hall–Kier alpha value is -0.0200. The molecule has 11 heavy (non-hydrogen) atoms. The van der Waals surface area contributed by atoms with Crippen molar-refractivity contribution < 1.29 is 9.90 Å². The second-order valence-electron chi connectivity index (χ2n) is 2.66. The fourth-order valence-corrected chi connectivity index (χ4v) is 1.86. The summed E-state index contributed by atoms with van der Waals surface area (Å²) in [5.74, 6) is 1.19. The molecule has 3 heteroatoms. The van der Waals surface area contributed by atoms with Crippen molar-refractivity contribution >= 4 is 17.5 Å². The topological polar surface area (TPSA) is 37.3 Å².